The number of anilines is 1. The SMILES string of the molecule is CNCC1CCN(C(=O)COc2ccc(N3CCCC3=O)cc2)C1. The zero-order chi connectivity index (χ0) is 16.9. The van der Waals surface area contributed by atoms with Crippen molar-refractivity contribution in [2.75, 3.05) is 44.7 Å². The molecule has 2 amide bonds. The molecule has 2 aliphatic rings. The van der Waals surface area contributed by atoms with Crippen molar-refractivity contribution in [2.24, 2.45) is 5.92 Å². The number of ether oxygens (including phenoxy) is 1. The summed E-state index contributed by atoms with van der Waals surface area (Å²) in [6.45, 7) is 3.40. The van der Waals surface area contributed by atoms with Crippen LogP contribution in [0.2, 0.25) is 0 Å². The molecule has 3 rings (SSSR count). The van der Waals surface area contributed by atoms with Crippen molar-refractivity contribution < 1.29 is 14.3 Å². The van der Waals surface area contributed by atoms with Crippen LogP contribution in [0.1, 0.15) is 19.3 Å². The van der Waals surface area contributed by atoms with Gasteiger partial charge in [0.2, 0.25) is 5.91 Å². The molecular formula is C18H25N3O3. The molecule has 0 aromatic heterocycles. The molecule has 2 saturated heterocycles. The van der Waals surface area contributed by atoms with Gasteiger partial charge in [-0.15, -0.1) is 0 Å². The molecule has 1 unspecified atom stereocenters. The summed E-state index contributed by atoms with van der Waals surface area (Å²) in [7, 11) is 1.94. The van der Waals surface area contributed by atoms with Gasteiger partial charge in [0.1, 0.15) is 5.75 Å². The van der Waals surface area contributed by atoms with E-state index in [4.69, 9.17) is 4.74 Å². The standard InChI is InChI=1S/C18H25N3O3/c1-19-11-14-8-10-20(12-14)18(23)13-24-16-6-4-15(5-7-16)21-9-2-3-17(21)22/h4-7,14,19H,2-3,8-13H2,1H3. The van der Waals surface area contributed by atoms with Crippen LogP contribution in [0.5, 0.6) is 5.75 Å². The van der Waals surface area contributed by atoms with Crippen molar-refractivity contribution in [2.45, 2.75) is 19.3 Å². The number of carbonyl (C=O) groups excluding carboxylic acids is 2. The Morgan fingerprint density at radius 3 is 2.75 bits per heavy atom. The first-order chi connectivity index (χ1) is 11.7. The van der Waals surface area contributed by atoms with Crippen molar-refractivity contribution in [3.8, 4) is 5.75 Å². The number of carbonyl (C=O) groups is 2. The molecule has 24 heavy (non-hydrogen) atoms. The molecule has 130 valence electrons. The quantitative estimate of drug-likeness (QED) is 0.852. The summed E-state index contributed by atoms with van der Waals surface area (Å²) in [6.07, 6.45) is 2.58. The van der Waals surface area contributed by atoms with Crippen LogP contribution in [0.4, 0.5) is 5.69 Å². The van der Waals surface area contributed by atoms with Crippen molar-refractivity contribution >= 4 is 17.5 Å². The maximum Gasteiger partial charge on any atom is 0.260 e. The molecule has 0 bridgehead atoms. The van der Waals surface area contributed by atoms with Crippen LogP contribution >= 0.6 is 0 Å². The largest absolute Gasteiger partial charge is 0.484 e. The van der Waals surface area contributed by atoms with Crippen LogP contribution in [0.25, 0.3) is 0 Å². The second-order valence-corrected chi connectivity index (χ2v) is 6.48. The van der Waals surface area contributed by atoms with E-state index in [1.54, 1.807) is 4.90 Å². The van der Waals surface area contributed by atoms with Crippen molar-refractivity contribution in [1.29, 1.82) is 0 Å². The first kappa shape index (κ1) is 16.8. The molecule has 6 nitrogen and oxygen atoms in total. The topological polar surface area (TPSA) is 61.9 Å². The smallest absolute Gasteiger partial charge is 0.260 e. The van der Waals surface area contributed by atoms with Gasteiger partial charge < -0.3 is 19.9 Å². The average molecular weight is 331 g/mol. The van der Waals surface area contributed by atoms with E-state index >= 15 is 0 Å². The summed E-state index contributed by atoms with van der Waals surface area (Å²) in [4.78, 5) is 27.6. The minimum atomic E-state index is 0.0346. The molecule has 1 N–H and O–H groups in total. The van der Waals surface area contributed by atoms with Crippen LogP contribution in [-0.2, 0) is 9.59 Å². The molecule has 0 aliphatic carbocycles. The number of hydrogen-bond donors (Lipinski definition) is 1. The molecule has 1 aromatic rings. The first-order valence-corrected chi connectivity index (χ1v) is 8.63. The lowest BCUT2D eigenvalue weighted by atomic mass is 10.1. The fraction of sp³-hybridized carbons (Fsp3) is 0.556. The summed E-state index contributed by atoms with van der Waals surface area (Å²) in [5, 5.41) is 3.16. The van der Waals surface area contributed by atoms with Crippen LogP contribution < -0.4 is 15.0 Å². The number of benzene rings is 1. The highest BCUT2D eigenvalue weighted by atomic mass is 16.5. The summed E-state index contributed by atoms with van der Waals surface area (Å²) in [5.41, 5.74) is 0.894. The van der Waals surface area contributed by atoms with Gasteiger partial charge in [-0.2, -0.15) is 0 Å². The van der Waals surface area contributed by atoms with Crippen molar-refractivity contribution in [1.82, 2.24) is 10.2 Å². The Bertz CT molecular complexity index is 588. The molecular weight excluding hydrogens is 306 g/mol. The van der Waals surface area contributed by atoms with Crippen molar-refractivity contribution in [3.05, 3.63) is 24.3 Å². The maximum absolute atomic E-state index is 12.2. The van der Waals surface area contributed by atoms with Gasteiger partial charge >= 0.3 is 0 Å². The summed E-state index contributed by atoms with van der Waals surface area (Å²) < 4.78 is 5.61. The minimum absolute atomic E-state index is 0.0346. The molecule has 2 fully saturated rings. The van der Waals surface area contributed by atoms with E-state index in [0.717, 1.165) is 44.7 Å². The molecule has 0 spiro atoms. The van der Waals surface area contributed by atoms with Gasteiger partial charge in [-0.1, -0.05) is 0 Å². The highest BCUT2D eigenvalue weighted by molar-refractivity contribution is 5.95. The third-order valence-electron chi connectivity index (χ3n) is 4.72. The second kappa shape index (κ2) is 7.66. The van der Waals surface area contributed by atoms with E-state index in [-0.39, 0.29) is 18.4 Å². The number of rotatable bonds is 6. The predicted octanol–water partition coefficient (Wildman–Crippen LogP) is 1.26. The number of hydrogen-bond acceptors (Lipinski definition) is 4. The minimum Gasteiger partial charge on any atom is -0.484 e. The molecule has 6 heteroatoms. The lowest BCUT2D eigenvalue weighted by molar-refractivity contribution is -0.132. The van der Waals surface area contributed by atoms with E-state index in [2.05, 4.69) is 5.32 Å². The van der Waals surface area contributed by atoms with Gasteiger partial charge in [-0.3, -0.25) is 9.59 Å². The molecule has 1 atom stereocenters. The Morgan fingerprint density at radius 1 is 1.29 bits per heavy atom. The van der Waals surface area contributed by atoms with E-state index in [1.807, 2.05) is 36.2 Å². The van der Waals surface area contributed by atoms with Gasteiger partial charge in [0.25, 0.3) is 5.91 Å². The van der Waals surface area contributed by atoms with Gasteiger partial charge in [0.15, 0.2) is 6.61 Å². The molecule has 2 aliphatic heterocycles. The Hall–Kier alpha value is -2.08. The molecule has 0 radical (unpaired) electrons. The van der Waals surface area contributed by atoms with Crippen LogP contribution in [0, 0.1) is 5.92 Å². The number of nitrogens with one attached hydrogen (secondary N) is 1. The van der Waals surface area contributed by atoms with E-state index in [9.17, 15) is 9.59 Å². The summed E-state index contributed by atoms with van der Waals surface area (Å²) in [5.74, 6) is 1.40. The maximum atomic E-state index is 12.2. The van der Waals surface area contributed by atoms with Gasteiger partial charge in [-0.05, 0) is 56.6 Å². The van der Waals surface area contributed by atoms with E-state index in [1.165, 1.54) is 0 Å². The Labute approximate surface area is 142 Å². The van der Waals surface area contributed by atoms with E-state index < -0.39 is 0 Å². The number of amides is 2. The van der Waals surface area contributed by atoms with Crippen molar-refractivity contribution in [3.63, 3.8) is 0 Å². The fourth-order valence-corrected chi connectivity index (χ4v) is 3.39. The zero-order valence-electron chi connectivity index (χ0n) is 14.2. The number of nitrogens with zero attached hydrogens (tertiary/aromatic N) is 2. The zero-order valence-corrected chi connectivity index (χ0v) is 14.2. The van der Waals surface area contributed by atoms with Gasteiger partial charge in [-0.25, -0.2) is 0 Å². The third-order valence-corrected chi connectivity index (χ3v) is 4.72. The molecule has 2 heterocycles. The monoisotopic (exact) mass is 331 g/mol. The van der Waals surface area contributed by atoms with Gasteiger partial charge in [0, 0.05) is 31.7 Å². The molecule has 1 aromatic carbocycles. The third kappa shape index (κ3) is 3.87. The van der Waals surface area contributed by atoms with Crippen LogP contribution in [0.3, 0.4) is 0 Å². The molecule has 0 saturated carbocycles. The number of likely N-dealkylation sites (tertiary alicyclic amines) is 1. The van der Waals surface area contributed by atoms with Crippen LogP contribution in [0.15, 0.2) is 24.3 Å². The Kier molecular flexibility index (Phi) is 5.35. The highest BCUT2D eigenvalue weighted by Gasteiger charge is 2.26. The summed E-state index contributed by atoms with van der Waals surface area (Å²) in [6, 6.07) is 7.40. The average Bonchev–Trinajstić information content (AvgIpc) is 3.23. The predicted molar refractivity (Wildman–Crippen MR) is 92.1 cm³/mol. The lowest BCUT2D eigenvalue weighted by Crippen LogP contribution is -2.34. The second-order valence-electron chi connectivity index (χ2n) is 6.48. The Balaban J connectivity index is 1.48. The highest BCUT2D eigenvalue weighted by Crippen LogP contribution is 2.24. The normalized spacial score (nSPS) is 20.7. The summed E-state index contributed by atoms with van der Waals surface area (Å²) >= 11 is 0. The first-order valence-electron chi connectivity index (χ1n) is 8.63. The van der Waals surface area contributed by atoms with Crippen LogP contribution in [-0.4, -0.2) is 56.5 Å². The Morgan fingerprint density at radius 2 is 2.08 bits per heavy atom. The van der Waals surface area contributed by atoms with E-state index in [0.29, 0.717) is 18.1 Å². The fourth-order valence-electron chi connectivity index (χ4n) is 3.39. The van der Waals surface area contributed by atoms with Gasteiger partial charge in [0.05, 0.1) is 0 Å². The lowest BCUT2D eigenvalue weighted by Gasteiger charge is -2.18.